The zero-order valence-corrected chi connectivity index (χ0v) is 12.3. The summed E-state index contributed by atoms with van der Waals surface area (Å²) in [6.45, 7) is 0.822. The highest BCUT2D eigenvalue weighted by Gasteiger charge is 2.44. The van der Waals surface area contributed by atoms with Crippen molar-refractivity contribution >= 4 is 5.97 Å². The Morgan fingerprint density at radius 3 is 2.25 bits per heavy atom. The van der Waals surface area contributed by atoms with Crippen molar-refractivity contribution in [2.75, 3.05) is 6.54 Å². The Kier molecular flexibility index (Phi) is 4.04. The van der Waals surface area contributed by atoms with Gasteiger partial charge in [-0.05, 0) is 44.4 Å². The van der Waals surface area contributed by atoms with Gasteiger partial charge in [-0.15, -0.1) is 0 Å². The van der Waals surface area contributed by atoms with E-state index in [1.807, 2.05) is 0 Å². The van der Waals surface area contributed by atoms with E-state index < -0.39 is 11.6 Å². The van der Waals surface area contributed by atoms with Crippen LogP contribution in [0.1, 0.15) is 64.2 Å². The van der Waals surface area contributed by atoms with E-state index >= 15 is 0 Å². The van der Waals surface area contributed by atoms with Gasteiger partial charge in [-0.3, -0.25) is 9.69 Å². The van der Waals surface area contributed by atoms with Crippen LogP contribution in [0.2, 0.25) is 0 Å². The minimum atomic E-state index is -0.659. The van der Waals surface area contributed by atoms with Crippen LogP contribution >= 0.6 is 0 Å². The van der Waals surface area contributed by atoms with Crippen LogP contribution in [-0.4, -0.2) is 45.3 Å². The number of piperidine rings is 1. The molecule has 2 heterocycles. The van der Waals surface area contributed by atoms with Crippen molar-refractivity contribution in [3.8, 4) is 0 Å². The molecular formula is C16H27NO3. The fourth-order valence-electron chi connectivity index (χ4n) is 4.77. The quantitative estimate of drug-likeness (QED) is 0.830. The maximum absolute atomic E-state index is 10.9. The topological polar surface area (TPSA) is 60.8 Å². The second kappa shape index (κ2) is 5.64. The van der Waals surface area contributed by atoms with Gasteiger partial charge >= 0.3 is 5.97 Å². The first kappa shape index (κ1) is 14.3. The molecule has 2 unspecified atom stereocenters. The van der Waals surface area contributed by atoms with Crippen LogP contribution < -0.4 is 0 Å². The number of rotatable bonds is 4. The van der Waals surface area contributed by atoms with E-state index in [1.54, 1.807) is 0 Å². The first-order chi connectivity index (χ1) is 9.56. The molecule has 2 aliphatic heterocycles. The molecule has 0 aromatic rings. The van der Waals surface area contributed by atoms with E-state index in [0.29, 0.717) is 24.4 Å². The van der Waals surface area contributed by atoms with Crippen LogP contribution in [0.15, 0.2) is 0 Å². The number of carboxylic acid groups (broad SMARTS) is 1. The second-order valence-corrected chi connectivity index (χ2v) is 7.28. The summed E-state index contributed by atoms with van der Waals surface area (Å²) in [6.07, 6.45) is 10.2. The highest BCUT2D eigenvalue weighted by Crippen LogP contribution is 2.42. The third kappa shape index (κ3) is 3.01. The van der Waals surface area contributed by atoms with Crippen LogP contribution in [0, 0.1) is 5.92 Å². The summed E-state index contributed by atoms with van der Waals surface area (Å²) in [5.74, 6) is -0.309. The lowest BCUT2D eigenvalue weighted by molar-refractivity contribution is -0.139. The molecule has 2 bridgehead atoms. The largest absolute Gasteiger partial charge is 0.481 e. The average Bonchev–Trinajstić information content (AvgIpc) is 2.61. The Morgan fingerprint density at radius 1 is 1.10 bits per heavy atom. The van der Waals surface area contributed by atoms with Gasteiger partial charge in [0.2, 0.25) is 0 Å². The monoisotopic (exact) mass is 281 g/mol. The van der Waals surface area contributed by atoms with E-state index in [0.717, 1.165) is 45.1 Å². The molecule has 4 nitrogen and oxygen atoms in total. The summed E-state index contributed by atoms with van der Waals surface area (Å²) in [5, 5.41) is 19.7. The predicted molar refractivity (Wildman–Crippen MR) is 76.5 cm³/mol. The maximum Gasteiger partial charge on any atom is 0.303 e. The van der Waals surface area contributed by atoms with Crippen LogP contribution in [0.25, 0.3) is 0 Å². The number of carboxylic acids is 1. The molecule has 2 atom stereocenters. The van der Waals surface area contributed by atoms with Gasteiger partial charge in [0.25, 0.3) is 0 Å². The highest BCUT2D eigenvalue weighted by molar-refractivity contribution is 5.67. The summed E-state index contributed by atoms with van der Waals surface area (Å²) in [6, 6.07) is 1.04. The van der Waals surface area contributed by atoms with Crippen molar-refractivity contribution < 1.29 is 15.0 Å². The molecule has 3 fully saturated rings. The molecule has 0 aromatic carbocycles. The molecule has 1 aliphatic carbocycles. The third-order valence-electron chi connectivity index (χ3n) is 5.71. The summed E-state index contributed by atoms with van der Waals surface area (Å²) in [7, 11) is 0. The molecule has 3 rings (SSSR count). The van der Waals surface area contributed by atoms with Crippen molar-refractivity contribution in [1.82, 2.24) is 4.90 Å². The smallest absolute Gasteiger partial charge is 0.303 e. The van der Waals surface area contributed by atoms with Gasteiger partial charge in [0.1, 0.15) is 0 Å². The van der Waals surface area contributed by atoms with E-state index in [-0.39, 0.29) is 0 Å². The normalized spacial score (nSPS) is 37.0. The van der Waals surface area contributed by atoms with Gasteiger partial charge in [-0.2, -0.15) is 0 Å². The Hall–Kier alpha value is -0.610. The number of aliphatic hydroxyl groups is 1. The number of fused-ring (bicyclic) bond motifs is 2. The van der Waals surface area contributed by atoms with Crippen molar-refractivity contribution in [3.63, 3.8) is 0 Å². The number of aliphatic carboxylic acids is 1. The highest BCUT2D eigenvalue weighted by atomic mass is 16.4. The van der Waals surface area contributed by atoms with E-state index in [2.05, 4.69) is 4.90 Å². The molecule has 0 spiro atoms. The minimum Gasteiger partial charge on any atom is -0.481 e. The molecular weight excluding hydrogens is 254 g/mol. The Bertz CT molecular complexity index is 351. The summed E-state index contributed by atoms with van der Waals surface area (Å²) >= 11 is 0. The Morgan fingerprint density at radius 2 is 1.70 bits per heavy atom. The van der Waals surface area contributed by atoms with Gasteiger partial charge in [0, 0.05) is 25.0 Å². The van der Waals surface area contributed by atoms with Gasteiger partial charge < -0.3 is 10.2 Å². The second-order valence-electron chi connectivity index (χ2n) is 7.28. The molecule has 0 amide bonds. The molecule has 0 radical (unpaired) electrons. The van der Waals surface area contributed by atoms with Gasteiger partial charge in [-0.1, -0.05) is 19.3 Å². The van der Waals surface area contributed by atoms with Crippen molar-refractivity contribution in [1.29, 1.82) is 0 Å². The van der Waals surface area contributed by atoms with Crippen LogP contribution in [-0.2, 0) is 4.79 Å². The van der Waals surface area contributed by atoms with Crippen LogP contribution in [0.5, 0.6) is 0 Å². The summed E-state index contributed by atoms with van der Waals surface area (Å²) in [4.78, 5) is 13.4. The molecule has 3 aliphatic rings. The fourth-order valence-corrected chi connectivity index (χ4v) is 4.77. The van der Waals surface area contributed by atoms with E-state index in [1.165, 1.54) is 19.3 Å². The predicted octanol–water partition coefficient (Wildman–Crippen LogP) is 2.40. The average molecular weight is 281 g/mol. The lowest BCUT2D eigenvalue weighted by Crippen LogP contribution is -2.52. The number of hydrogen-bond acceptors (Lipinski definition) is 3. The lowest BCUT2D eigenvalue weighted by Gasteiger charge is -2.44. The van der Waals surface area contributed by atoms with Crippen molar-refractivity contribution in [2.45, 2.75) is 81.9 Å². The SMILES string of the molecule is O=C(O)CC1CC2CCC(C1)N2CC1(O)CCCCC1. The number of nitrogens with zero attached hydrogens (tertiary/aromatic N) is 1. The van der Waals surface area contributed by atoms with Gasteiger partial charge in [0.15, 0.2) is 0 Å². The van der Waals surface area contributed by atoms with Crippen molar-refractivity contribution in [3.05, 3.63) is 0 Å². The molecule has 2 saturated heterocycles. The molecule has 2 N–H and O–H groups in total. The standard InChI is InChI=1S/C16H27NO3/c18-15(19)10-12-8-13-4-5-14(9-12)17(13)11-16(20)6-2-1-3-7-16/h12-14,20H,1-11H2,(H,18,19). The zero-order valence-electron chi connectivity index (χ0n) is 12.3. The molecule has 114 valence electrons. The fraction of sp³-hybridized carbons (Fsp3) is 0.938. The number of carbonyl (C=O) groups is 1. The first-order valence-corrected chi connectivity index (χ1v) is 8.26. The van der Waals surface area contributed by atoms with E-state index in [4.69, 9.17) is 5.11 Å². The lowest BCUT2D eigenvalue weighted by atomic mass is 9.82. The minimum absolute atomic E-state index is 0.325. The van der Waals surface area contributed by atoms with Crippen LogP contribution in [0.3, 0.4) is 0 Å². The zero-order chi connectivity index (χ0) is 14.2. The third-order valence-corrected chi connectivity index (χ3v) is 5.71. The van der Waals surface area contributed by atoms with Gasteiger partial charge in [0.05, 0.1) is 5.60 Å². The summed E-state index contributed by atoms with van der Waals surface area (Å²) in [5.41, 5.74) is -0.473. The van der Waals surface area contributed by atoms with Crippen LogP contribution in [0.4, 0.5) is 0 Å². The molecule has 20 heavy (non-hydrogen) atoms. The number of hydrogen-bond donors (Lipinski definition) is 2. The Balaban J connectivity index is 1.60. The van der Waals surface area contributed by atoms with Gasteiger partial charge in [-0.25, -0.2) is 0 Å². The first-order valence-electron chi connectivity index (χ1n) is 8.26. The Labute approximate surface area is 121 Å². The maximum atomic E-state index is 10.9. The van der Waals surface area contributed by atoms with Crippen molar-refractivity contribution in [2.24, 2.45) is 5.92 Å². The molecule has 1 saturated carbocycles. The summed E-state index contributed by atoms with van der Waals surface area (Å²) < 4.78 is 0. The van der Waals surface area contributed by atoms with E-state index in [9.17, 15) is 9.90 Å². The molecule has 4 heteroatoms. The molecule has 0 aromatic heterocycles.